The molecule has 1 atom stereocenters. The van der Waals surface area contributed by atoms with Crippen molar-refractivity contribution in [3.8, 4) is 11.1 Å². The van der Waals surface area contributed by atoms with Crippen LogP contribution in [0.2, 0.25) is 0 Å². The molecule has 2 saturated carbocycles. The van der Waals surface area contributed by atoms with Gasteiger partial charge in [-0.25, -0.2) is 0 Å². The maximum absolute atomic E-state index is 5.93. The third-order valence-electron chi connectivity index (χ3n) is 6.97. The van der Waals surface area contributed by atoms with E-state index in [2.05, 4.69) is 49.1 Å². The molecule has 6 rings (SSSR count). The maximum Gasteiger partial charge on any atom is 0.147 e. The van der Waals surface area contributed by atoms with E-state index in [1.165, 1.54) is 49.7 Å². The molecule has 0 aromatic carbocycles. The molecule has 3 fully saturated rings. The Balaban J connectivity index is 0.000000142. The van der Waals surface area contributed by atoms with Crippen LogP contribution < -0.4 is 0 Å². The molecule has 0 radical (unpaired) electrons. The quantitative estimate of drug-likeness (QED) is 0.374. The number of ether oxygens (including phenoxy) is 1. The van der Waals surface area contributed by atoms with Crippen molar-refractivity contribution in [3.05, 3.63) is 53.0 Å². The molecule has 0 bridgehead atoms. The van der Waals surface area contributed by atoms with E-state index < -0.39 is 0 Å². The minimum atomic E-state index is 0.239. The molecule has 3 aliphatic rings. The molecular formula is C28H37N3O3. The number of pyridine rings is 1. The van der Waals surface area contributed by atoms with Crippen molar-refractivity contribution >= 4 is 0 Å². The van der Waals surface area contributed by atoms with Crippen LogP contribution in [-0.2, 0) is 4.74 Å². The van der Waals surface area contributed by atoms with E-state index in [4.69, 9.17) is 13.8 Å². The lowest BCUT2D eigenvalue weighted by atomic mass is 9.94. The summed E-state index contributed by atoms with van der Waals surface area (Å²) in [7, 11) is 0. The Kier molecular flexibility index (Phi) is 6.87. The van der Waals surface area contributed by atoms with Gasteiger partial charge in [-0.1, -0.05) is 44.1 Å². The Morgan fingerprint density at radius 3 is 2.09 bits per heavy atom. The lowest BCUT2D eigenvalue weighted by Crippen LogP contribution is -2.14. The Hall–Kier alpha value is -2.47. The van der Waals surface area contributed by atoms with Crippen LogP contribution in [0.3, 0.4) is 0 Å². The largest absolute Gasteiger partial charge is 0.373 e. The Labute approximate surface area is 202 Å². The summed E-state index contributed by atoms with van der Waals surface area (Å²) in [6.07, 6.45) is 12.5. The third-order valence-corrected chi connectivity index (χ3v) is 6.97. The van der Waals surface area contributed by atoms with Gasteiger partial charge in [-0.15, -0.1) is 0 Å². The van der Waals surface area contributed by atoms with Crippen molar-refractivity contribution in [1.82, 2.24) is 15.3 Å². The van der Waals surface area contributed by atoms with E-state index >= 15 is 0 Å². The van der Waals surface area contributed by atoms with E-state index in [0.717, 1.165) is 41.5 Å². The van der Waals surface area contributed by atoms with E-state index in [9.17, 15) is 0 Å². The molecule has 0 amide bonds. The van der Waals surface area contributed by atoms with Gasteiger partial charge in [0.15, 0.2) is 0 Å². The summed E-state index contributed by atoms with van der Waals surface area (Å²) in [5, 5.41) is 8.55. The van der Waals surface area contributed by atoms with Crippen molar-refractivity contribution in [2.75, 3.05) is 6.61 Å². The van der Waals surface area contributed by atoms with Gasteiger partial charge in [0.05, 0.1) is 17.5 Å². The summed E-state index contributed by atoms with van der Waals surface area (Å²) in [5.74, 6) is 4.18. The van der Waals surface area contributed by atoms with Crippen molar-refractivity contribution in [2.24, 2.45) is 0 Å². The third kappa shape index (κ3) is 4.97. The molecule has 3 aromatic rings. The first kappa shape index (κ1) is 23.3. The van der Waals surface area contributed by atoms with Crippen molar-refractivity contribution in [3.63, 3.8) is 0 Å². The predicted octanol–water partition coefficient (Wildman–Crippen LogP) is 7.65. The molecule has 6 nitrogen and oxygen atoms in total. The van der Waals surface area contributed by atoms with Crippen molar-refractivity contribution < 1.29 is 13.8 Å². The van der Waals surface area contributed by atoms with Crippen LogP contribution >= 0.6 is 0 Å². The van der Waals surface area contributed by atoms with Gasteiger partial charge in [-0.3, -0.25) is 4.98 Å². The molecule has 3 aromatic heterocycles. The summed E-state index contributed by atoms with van der Waals surface area (Å²) in [6.45, 7) is 9.54. The van der Waals surface area contributed by atoms with Crippen LogP contribution in [0.5, 0.6) is 0 Å². The zero-order valence-electron chi connectivity index (χ0n) is 20.9. The Morgan fingerprint density at radius 2 is 1.50 bits per heavy atom. The number of hydrogen-bond acceptors (Lipinski definition) is 6. The van der Waals surface area contributed by atoms with Crippen LogP contribution in [0.4, 0.5) is 0 Å². The van der Waals surface area contributed by atoms with Gasteiger partial charge in [-0.05, 0) is 62.8 Å². The normalized spacial score (nSPS) is 20.5. The van der Waals surface area contributed by atoms with E-state index in [1.54, 1.807) is 6.20 Å². The zero-order valence-corrected chi connectivity index (χ0v) is 20.9. The minimum absolute atomic E-state index is 0.239. The SMILES string of the molecule is CC(C)c1noc(C2CC2)c1-c1cccnc1.CC(C)c1noc(C2CC2)c1C1CCCCO1. The molecule has 0 spiro atoms. The molecule has 34 heavy (non-hydrogen) atoms. The number of nitrogens with zero attached hydrogens (tertiary/aromatic N) is 3. The highest BCUT2D eigenvalue weighted by Gasteiger charge is 2.36. The maximum atomic E-state index is 5.93. The fourth-order valence-electron chi connectivity index (χ4n) is 4.81. The summed E-state index contributed by atoms with van der Waals surface area (Å²) in [6, 6.07) is 4.04. The number of hydrogen-bond donors (Lipinski definition) is 0. The fraction of sp³-hybridized carbons (Fsp3) is 0.607. The second kappa shape index (κ2) is 10.0. The molecule has 1 unspecified atom stereocenters. The number of aromatic nitrogens is 3. The highest BCUT2D eigenvalue weighted by Crippen LogP contribution is 2.47. The van der Waals surface area contributed by atoms with Crippen LogP contribution in [0.1, 0.15) is 131 Å². The second-order valence-electron chi connectivity index (χ2n) is 10.6. The molecule has 2 aliphatic carbocycles. The van der Waals surface area contributed by atoms with Gasteiger partial charge in [-0.2, -0.15) is 0 Å². The fourth-order valence-corrected chi connectivity index (χ4v) is 4.81. The van der Waals surface area contributed by atoms with E-state index in [1.807, 2.05) is 12.3 Å². The van der Waals surface area contributed by atoms with Gasteiger partial charge < -0.3 is 13.8 Å². The molecule has 182 valence electrons. The molecule has 6 heteroatoms. The first-order valence-electron chi connectivity index (χ1n) is 13.0. The van der Waals surface area contributed by atoms with Crippen molar-refractivity contribution in [2.45, 2.75) is 102 Å². The first-order chi connectivity index (χ1) is 16.5. The average Bonchev–Trinajstić information content (AvgIpc) is 3.79. The average molecular weight is 464 g/mol. The Morgan fingerprint density at radius 1 is 0.824 bits per heavy atom. The number of rotatable bonds is 6. The zero-order chi connectivity index (χ0) is 23.7. The monoisotopic (exact) mass is 463 g/mol. The smallest absolute Gasteiger partial charge is 0.147 e. The van der Waals surface area contributed by atoms with Crippen LogP contribution in [0.25, 0.3) is 11.1 Å². The highest BCUT2D eigenvalue weighted by molar-refractivity contribution is 5.68. The van der Waals surface area contributed by atoms with Crippen molar-refractivity contribution in [1.29, 1.82) is 0 Å². The van der Waals surface area contributed by atoms with Crippen LogP contribution in [0.15, 0.2) is 33.6 Å². The summed E-state index contributed by atoms with van der Waals surface area (Å²) < 4.78 is 17.1. The minimum Gasteiger partial charge on any atom is -0.373 e. The first-order valence-corrected chi connectivity index (χ1v) is 13.0. The van der Waals surface area contributed by atoms with Gasteiger partial charge in [0.2, 0.25) is 0 Å². The summed E-state index contributed by atoms with van der Waals surface area (Å²) in [5.41, 5.74) is 5.77. The van der Waals surface area contributed by atoms with Crippen LogP contribution in [-0.4, -0.2) is 21.9 Å². The summed E-state index contributed by atoms with van der Waals surface area (Å²) in [4.78, 5) is 4.19. The van der Waals surface area contributed by atoms with E-state index in [-0.39, 0.29) is 6.10 Å². The lowest BCUT2D eigenvalue weighted by molar-refractivity contribution is 0.0133. The second-order valence-corrected chi connectivity index (χ2v) is 10.6. The molecule has 1 saturated heterocycles. The summed E-state index contributed by atoms with van der Waals surface area (Å²) >= 11 is 0. The van der Waals surface area contributed by atoms with Gasteiger partial charge in [0, 0.05) is 47.5 Å². The van der Waals surface area contributed by atoms with Gasteiger partial charge in [0.25, 0.3) is 0 Å². The highest BCUT2D eigenvalue weighted by atomic mass is 16.5. The Bertz CT molecular complexity index is 1030. The van der Waals surface area contributed by atoms with Gasteiger partial charge in [0.1, 0.15) is 11.5 Å². The lowest BCUT2D eigenvalue weighted by Gasteiger charge is -2.23. The standard InChI is InChI=1S/C14H16N2O.C14H21NO2/c1-9(2)13-12(11-4-3-7-15-8-11)14(17-16-13)10-5-6-10;1-9(2)13-12(11-5-3-4-8-16-11)14(17-15-13)10-6-7-10/h3-4,7-10H,5-6H2,1-2H3;9-11H,3-8H2,1-2H3. The van der Waals surface area contributed by atoms with E-state index in [0.29, 0.717) is 23.7 Å². The topological polar surface area (TPSA) is 74.2 Å². The predicted molar refractivity (Wildman–Crippen MR) is 131 cm³/mol. The molecular weight excluding hydrogens is 426 g/mol. The molecule has 4 heterocycles. The molecule has 1 aliphatic heterocycles. The van der Waals surface area contributed by atoms with Gasteiger partial charge >= 0.3 is 0 Å². The van der Waals surface area contributed by atoms with Crippen LogP contribution in [0, 0.1) is 0 Å². The molecule has 0 N–H and O–H groups in total.